The zero-order chi connectivity index (χ0) is 21.9. The zero-order valence-electron chi connectivity index (χ0n) is 19.6. The van der Waals surface area contributed by atoms with Crippen molar-refractivity contribution in [3.63, 3.8) is 0 Å². The van der Waals surface area contributed by atoms with Crippen molar-refractivity contribution < 1.29 is 4.74 Å². The Bertz CT molecular complexity index is 821. The van der Waals surface area contributed by atoms with Crippen LogP contribution in [0.2, 0.25) is 0 Å². The minimum Gasteiger partial charge on any atom is -0.383 e. The SMILES string of the molecule is CCNC(=NCc1ccc(NCCOC)cc1)NC(C)c1cccc(N2CCCC2)c1.I. The Kier molecular flexibility index (Phi) is 11.7. The van der Waals surface area contributed by atoms with Gasteiger partial charge in [0.25, 0.3) is 0 Å². The van der Waals surface area contributed by atoms with Crippen LogP contribution in [0.15, 0.2) is 53.5 Å². The van der Waals surface area contributed by atoms with Crippen LogP contribution >= 0.6 is 24.0 Å². The maximum Gasteiger partial charge on any atom is 0.192 e. The minimum atomic E-state index is 0. The second-order valence-electron chi connectivity index (χ2n) is 7.97. The van der Waals surface area contributed by atoms with Gasteiger partial charge in [-0.15, -0.1) is 24.0 Å². The summed E-state index contributed by atoms with van der Waals surface area (Å²) in [5.41, 5.74) is 4.88. The first-order valence-corrected chi connectivity index (χ1v) is 11.4. The van der Waals surface area contributed by atoms with Crippen molar-refractivity contribution in [2.24, 2.45) is 4.99 Å². The van der Waals surface area contributed by atoms with Crippen LogP contribution in [0, 0.1) is 0 Å². The lowest BCUT2D eigenvalue weighted by atomic mass is 10.1. The lowest BCUT2D eigenvalue weighted by molar-refractivity contribution is 0.211. The van der Waals surface area contributed by atoms with Gasteiger partial charge in [0.15, 0.2) is 5.96 Å². The summed E-state index contributed by atoms with van der Waals surface area (Å²) in [7, 11) is 1.71. The number of anilines is 2. The average Bonchev–Trinajstić information content (AvgIpc) is 3.34. The fraction of sp³-hybridized carbons (Fsp3) is 0.480. The molecule has 3 N–H and O–H groups in total. The Labute approximate surface area is 210 Å². The molecule has 1 atom stereocenters. The second-order valence-corrected chi connectivity index (χ2v) is 7.97. The summed E-state index contributed by atoms with van der Waals surface area (Å²) >= 11 is 0. The predicted octanol–water partition coefficient (Wildman–Crippen LogP) is 4.78. The van der Waals surface area contributed by atoms with Crippen LogP contribution in [0.4, 0.5) is 11.4 Å². The maximum atomic E-state index is 5.07. The Morgan fingerprint density at radius 1 is 1.12 bits per heavy atom. The average molecular weight is 552 g/mol. The molecule has 0 bridgehead atoms. The van der Waals surface area contributed by atoms with Gasteiger partial charge in [0.05, 0.1) is 19.2 Å². The molecule has 1 heterocycles. The zero-order valence-corrected chi connectivity index (χ0v) is 21.9. The van der Waals surface area contributed by atoms with E-state index in [0.717, 1.165) is 37.8 Å². The van der Waals surface area contributed by atoms with Crippen molar-refractivity contribution in [1.82, 2.24) is 10.6 Å². The number of aliphatic imine (C=N–C) groups is 1. The Hall–Kier alpha value is -2.00. The van der Waals surface area contributed by atoms with Crippen LogP contribution in [0.1, 0.15) is 43.9 Å². The fourth-order valence-corrected chi connectivity index (χ4v) is 3.77. The van der Waals surface area contributed by atoms with Crippen molar-refractivity contribution in [1.29, 1.82) is 0 Å². The third-order valence-corrected chi connectivity index (χ3v) is 5.55. The van der Waals surface area contributed by atoms with Crippen molar-refractivity contribution in [3.8, 4) is 0 Å². The molecule has 0 radical (unpaired) electrons. The van der Waals surface area contributed by atoms with Crippen molar-refractivity contribution in [2.45, 2.75) is 39.3 Å². The lowest BCUT2D eigenvalue weighted by Gasteiger charge is -2.22. The van der Waals surface area contributed by atoms with E-state index in [2.05, 4.69) is 83.2 Å². The molecule has 0 amide bonds. The fourth-order valence-electron chi connectivity index (χ4n) is 3.77. The predicted molar refractivity (Wildman–Crippen MR) is 146 cm³/mol. The molecule has 1 unspecified atom stereocenters. The number of nitrogens with one attached hydrogen (secondary N) is 3. The third-order valence-electron chi connectivity index (χ3n) is 5.55. The van der Waals surface area contributed by atoms with E-state index in [0.29, 0.717) is 13.2 Å². The van der Waals surface area contributed by atoms with Crippen LogP contribution in [0.25, 0.3) is 0 Å². The van der Waals surface area contributed by atoms with E-state index in [1.807, 2.05) is 0 Å². The maximum absolute atomic E-state index is 5.07. The van der Waals surface area contributed by atoms with Crippen LogP contribution in [0.3, 0.4) is 0 Å². The van der Waals surface area contributed by atoms with E-state index in [4.69, 9.17) is 9.73 Å². The molecule has 0 aromatic heterocycles. The molecule has 1 fully saturated rings. The van der Waals surface area contributed by atoms with Gasteiger partial charge in [0.2, 0.25) is 0 Å². The number of guanidine groups is 1. The number of hydrogen-bond donors (Lipinski definition) is 3. The summed E-state index contributed by atoms with van der Waals surface area (Å²) in [6, 6.07) is 17.5. The van der Waals surface area contributed by atoms with Gasteiger partial charge in [-0.25, -0.2) is 4.99 Å². The number of halogens is 1. The van der Waals surface area contributed by atoms with E-state index in [9.17, 15) is 0 Å². The summed E-state index contributed by atoms with van der Waals surface area (Å²) in [5.74, 6) is 0.837. The highest BCUT2D eigenvalue weighted by atomic mass is 127. The Morgan fingerprint density at radius 2 is 1.88 bits per heavy atom. The molecule has 0 spiro atoms. The topological polar surface area (TPSA) is 60.9 Å². The van der Waals surface area contributed by atoms with Crippen LogP contribution in [-0.4, -0.2) is 45.9 Å². The first-order chi connectivity index (χ1) is 15.2. The van der Waals surface area contributed by atoms with Gasteiger partial charge in [-0.05, 0) is 62.1 Å². The van der Waals surface area contributed by atoms with Gasteiger partial charge in [-0.1, -0.05) is 24.3 Å². The van der Waals surface area contributed by atoms with E-state index in [1.165, 1.54) is 29.7 Å². The number of hydrogen-bond acceptors (Lipinski definition) is 4. The second kappa shape index (κ2) is 14.2. The molecular weight excluding hydrogens is 513 g/mol. The molecule has 176 valence electrons. The van der Waals surface area contributed by atoms with Crippen LogP contribution < -0.4 is 20.9 Å². The quantitative estimate of drug-likeness (QED) is 0.172. The highest BCUT2D eigenvalue weighted by Crippen LogP contribution is 2.24. The molecule has 1 aliphatic rings. The highest BCUT2D eigenvalue weighted by Gasteiger charge is 2.14. The van der Waals surface area contributed by atoms with E-state index >= 15 is 0 Å². The van der Waals surface area contributed by atoms with Crippen molar-refractivity contribution >= 4 is 41.3 Å². The van der Waals surface area contributed by atoms with Gasteiger partial charge in [0, 0.05) is 44.7 Å². The van der Waals surface area contributed by atoms with Gasteiger partial charge < -0.3 is 25.6 Å². The summed E-state index contributed by atoms with van der Waals surface area (Å²) in [5, 5.41) is 10.3. The van der Waals surface area contributed by atoms with Crippen molar-refractivity contribution in [3.05, 3.63) is 59.7 Å². The van der Waals surface area contributed by atoms with Gasteiger partial charge in [-0.3, -0.25) is 0 Å². The third kappa shape index (κ3) is 8.16. The molecule has 7 heteroatoms. The lowest BCUT2D eigenvalue weighted by Crippen LogP contribution is -2.38. The Balaban J connectivity index is 0.00000363. The largest absolute Gasteiger partial charge is 0.383 e. The van der Waals surface area contributed by atoms with E-state index in [-0.39, 0.29) is 30.0 Å². The molecule has 2 aromatic rings. The van der Waals surface area contributed by atoms with E-state index in [1.54, 1.807) is 7.11 Å². The molecule has 32 heavy (non-hydrogen) atoms. The van der Waals surface area contributed by atoms with Crippen molar-refractivity contribution in [2.75, 3.05) is 50.1 Å². The first kappa shape index (κ1) is 26.3. The Morgan fingerprint density at radius 3 is 2.56 bits per heavy atom. The normalized spacial score (nSPS) is 14.6. The monoisotopic (exact) mass is 551 g/mol. The molecule has 0 saturated carbocycles. The molecule has 0 aliphatic carbocycles. The number of ether oxygens (including phenoxy) is 1. The van der Waals surface area contributed by atoms with E-state index < -0.39 is 0 Å². The van der Waals surface area contributed by atoms with Gasteiger partial charge in [-0.2, -0.15) is 0 Å². The van der Waals surface area contributed by atoms with Crippen LogP contribution in [0.5, 0.6) is 0 Å². The smallest absolute Gasteiger partial charge is 0.192 e. The van der Waals surface area contributed by atoms with Crippen LogP contribution in [-0.2, 0) is 11.3 Å². The highest BCUT2D eigenvalue weighted by molar-refractivity contribution is 14.0. The summed E-state index contributed by atoms with van der Waals surface area (Å²) < 4.78 is 5.07. The number of nitrogens with zero attached hydrogens (tertiary/aromatic N) is 2. The number of benzene rings is 2. The minimum absolute atomic E-state index is 0. The molecule has 1 saturated heterocycles. The summed E-state index contributed by atoms with van der Waals surface area (Å²) in [4.78, 5) is 7.27. The standard InChI is InChI=1S/C25H37N5O.HI/c1-4-26-25(28-19-21-10-12-23(13-11-21)27-14-17-31-3)29-20(2)22-8-7-9-24(18-22)30-15-5-6-16-30;/h7-13,18,20,27H,4-6,14-17,19H2,1-3H3,(H2,26,28,29);1H. The number of rotatable bonds is 10. The first-order valence-electron chi connectivity index (χ1n) is 11.4. The summed E-state index contributed by atoms with van der Waals surface area (Å²) in [6.45, 7) is 9.57. The number of methoxy groups -OCH3 is 1. The molecule has 2 aromatic carbocycles. The van der Waals surface area contributed by atoms with Gasteiger partial charge >= 0.3 is 0 Å². The molecular formula is C25H38IN5O. The summed E-state index contributed by atoms with van der Waals surface area (Å²) in [6.07, 6.45) is 2.58. The molecule has 3 rings (SSSR count). The molecule has 6 nitrogen and oxygen atoms in total. The van der Waals surface area contributed by atoms with Gasteiger partial charge in [0.1, 0.15) is 0 Å². The molecule has 1 aliphatic heterocycles.